The molecule has 27 heavy (non-hydrogen) atoms. The first-order valence-corrected chi connectivity index (χ1v) is 10.4. The van der Waals surface area contributed by atoms with Crippen LogP contribution in [-0.2, 0) is 0 Å². The highest BCUT2D eigenvalue weighted by Gasteiger charge is 2.22. The molecule has 0 unspecified atom stereocenters. The van der Waals surface area contributed by atoms with Crippen LogP contribution in [0.15, 0.2) is 41.5 Å². The van der Waals surface area contributed by atoms with Crippen molar-refractivity contribution in [1.29, 1.82) is 0 Å². The van der Waals surface area contributed by atoms with Gasteiger partial charge in [-0.1, -0.05) is 0 Å². The van der Waals surface area contributed by atoms with Gasteiger partial charge in [0.2, 0.25) is 0 Å². The van der Waals surface area contributed by atoms with Crippen molar-refractivity contribution in [3.8, 4) is 0 Å². The SMILES string of the molecule is NC(=Nc1ccc2c(C(=O)N3CCSCC3)nsc2c1)c1ncccc1N. The predicted molar refractivity (Wildman–Crippen MR) is 112 cm³/mol. The molecule has 7 nitrogen and oxygen atoms in total. The average Bonchev–Trinajstić information content (AvgIpc) is 3.11. The van der Waals surface area contributed by atoms with Crippen LogP contribution in [0.2, 0.25) is 0 Å². The Bertz CT molecular complexity index is 1030. The summed E-state index contributed by atoms with van der Waals surface area (Å²) in [5, 5.41) is 0.845. The van der Waals surface area contributed by atoms with E-state index in [0.29, 0.717) is 22.8 Å². The number of fused-ring (bicyclic) bond motifs is 1. The highest BCUT2D eigenvalue weighted by Crippen LogP contribution is 2.29. The van der Waals surface area contributed by atoms with Gasteiger partial charge >= 0.3 is 0 Å². The number of rotatable bonds is 3. The molecule has 3 heterocycles. The van der Waals surface area contributed by atoms with E-state index in [1.807, 2.05) is 34.9 Å². The van der Waals surface area contributed by atoms with Crippen LogP contribution < -0.4 is 11.5 Å². The molecule has 0 bridgehead atoms. The molecule has 0 spiro atoms. The molecule has 1 saturated heterocycles. The Morgan fingerprint density at radius 2 is 2.00 bits per heavy atom. The van der Waals surface area contributed by atoms with E-state index in [2.05, 4.69) is 14.3 Å². The summed E-state index contributed by atoms with van der Waals surface area (Å²) in [4.78, 5) is 23.2. The molecule has 0 radical (unpaired) electrons. The smallest absolute Gasteiger partial charge is 0.274 e. The van der Waals surface area contributed by atoms with Crippen molar-refractivity contribution in [2.24, 2.45) is 10.7 Å². The molecule has 3 aromatic rings. The molecule has 4 N–H and O–H groups in total. The summed E-state index contributed by atoms with van der Waals surface area (Å²) in [5.74, 6) is 2.20. The zero-order valence-corrected chi connectivity index (χ0v) is 16.1. The Balaban J connectivity index is 1.63. The number of nitrogens with zero attached hydrogens (tertiary/aromatic N) is 4. The Hall–Kier alpha value is -2.65. The fourth-order valence-corrected chi connectivity index (χ4v) is 4.60. The first-order chi connectivity index (χ1) is 13.1. The average molecular weight is 399 g/mol. The van der Waals surface area contributed by atoms with Crippen molar-refractivity contribution >= 4 is 56.5 Å². The molecule has 1 aromatic carbocycles. The zero-order valence-electron chi connectivity index (χ0n) is 14.5. The molecule has 138 valence electrons. The second kappa shape index (κ2) is 7.53. The minimum absolute atomic E-state index is 0.00132. The standard InChI is InChI=1S/C18H18N6OS2/c19-13-2-1-5-21-16(13)17(20)22-11-3-4-12-14(10-11)27-23-15(12)18(25)24-6-8-26-9-7-24/h1-5,10H,6-9,19H2,(H2,20,22). The number of benzene rings is 1. The fraction of sp³-hybridized carbons (Fsp3) is 0.222. The van der Waals surface area contributed by atoms with E-state index in [0.717, 1.165) is 34.7 Å². The van der Waals surface area contributed by atoms with Gasteiger partial charge in [-0.2, -0.15) is 16.1 Å². The summed E-state index contributed by atoms with van der Waals surface area (Å²) in [7, 11) is 0. The molecule has 0 aliphatic carbocycles. The van der Waals surface area contributed by atoms with Crippen molar-refractivity contribution in [2.45, 2.75) is 0 Å². The quantitative estimate of drug-likeness (QED) is 0.518. The molecular formula is C18H18N6OS2. The molecule has 0 saturated carbocycles. The topological polar surface area (TPSA) is 110 Å². The number of amidine groups is 1. The maximum Gasteiger partial charge on any atom is 0.274 e. The number of hydrogen-bond donors (Lipinski definition) is 2. The van der Waals surface area contributed by atoms with Gasteiger partial charge in [-0.15, -0.1) is 0 Å². The Labute approximate surface area is 164 Å². The minimum Gasteiger partial charge on any atom is -0.397 e. The lowest BCUT2D eigenvalue weighted by Crippen LogP contribution is -2.38. The summed E-state index contributed by atoms with van der Waals surface area (Å²) in [6, 6.07) is 9.05. The van der Waals surface area contributed by atoms with Gasteiger partial charge in [0.05, 0.1) is 16.1 Å². The van der Waals surface area contributed by atoms with Crippen LogP contribution in [-0.4, -0.2) is 50.6 Å². The number of nitrogen functional groups attached to an aromatic ring is 1. The van der Waals surface area contributed by atoms with Crippen molar-refractivity contribution in [2.75, 3.05) is 30.3 Å². The number of hydrogen-bond acceptors (Lipinski definition) is 7. The lowest BCUT2D eigenvalue weighted by atomic mass is 10.2. The summed E-state index contributed by atoms with van der Waals surface area (Å²) in [6.07, 6.45) is 1.62. The van der Waals surface area contributed by atoms with Crippen LogP contribution in [0.3, 0.4) is 0 Å². The summed E-state index contributed by atoms with van der Waals surface area (Å²) in [6.45, 7) is 1.54. The van der Waals surface area contributed by atoms with Crippen LogP contribution in [0, 0.1) is 0 Å². The highest BCUT2D eigenvalue weighted by molar-refractivity contribution is 7.99. The molecule has 2 aromatic heterocycles. The van der Waals surface area contributed by atoms with Crippen LogP contribution in [0.5, 0.6) is 0 Å². The summed E-state index contributed by atoms with van der Waals surface area (Å²) in [5.41, 5.74) is 14.1. The Morgan fingerprint density at radius 3 is 2.78 bits per heavy atom. The molecule has 1 amide bonds. The number of carbonyl (C=O) groups is 1. The number of aromatic nitrogens is 2. The molecular weight excluding hydrogens is 380 g/mol. The summed E-state index contributed by atoms with van der Waals surface area (Å²) < 4.78 is 5.29. The molecule has 4 rings (SSSR count). The lowest BCUT2D eigenvalue weighted by Gasteiger charge is -2.25. The van der Waals surface area contributed by atoms with E-state index < -0.39 is 0 Å². The fourth-order valence-electron chi connectivity index (χ4n) is 2.89. The van der Waals surface area contributed by atoms with E-state index in [1.54, 1.807) is 18.3 Å². The van der Waals surface area contributed by atoms with Gasteiger partial charge in [-0.05, 0) is 41.9 Å². The maximum atomic E-state index is 12.8. The predicted octanol–water partition coefficient (Wildman–Crippen LogP) is 2.50. The summed E-state index contributed by atoms with van der Waals surface area (Å²) >= 11 is 3.16. The van der Waals surface area contributed by atoms with Gasteiger partial charge < -0.3 is 16.4 Å². The largest absolute Gasteiger partial charge is 0.397 e. The third-order valence-corrected chi connectivity index (χ3v) is 6.04. The van der Waals surface area contributed by atoms with E-state index in [1.165, 1.54) is 11.5 Å². The van der Waals surface area contributed by atoms with Gasteiger partial charge in [-0.25, -0.2) is 4.99 Å². The zero-order chi connectivity index (χ0) is 18.8. The van der Waals surface area contributed by atoms with Crippen molar-refractivity contribution in [3.05, 3.63) is 47.9 Å². The number of anilines is 1. The van der Waals surface area contributed by atoms with Gasteiger partial charge in [0.15, 0.2) is 5.84 Å². The van der Waals surface area contributed by atoms with Gasteiger partial charge in [0, 0.05) is 36.2 Å². The van der Waals surface area contributed by atoms with Gasteiger partial charge in [0.25, 0.3) is 5.91 Å². The molecule has 0 atom stereocenters. The number of amides is 1. The number of aliphatic imine (C=N–C) groups is 1. The van der Waals surface area contributed by atoms with Crippen LogP contribution in [0.4, 0.5) is 11.4 Å². The van der Waals surface area contributed by atoms with Gasteiger partial charge in [0.1, 0.15) is 11.4 Å². The van der Waals surface area contributed by atoms with Crippen LogP contribution in [0.1, 0.15) is 16.2 Å². The van der Waals surface area contributed by atoms with Crippen molar-refractivity contribution < 1.29 is 4.79 Å². The third kappa shape index (κ3) is 3.60. The third-order valence-electron chi connectivity index (χ3n) is 4.29. The number of thioether (sulfide) groups is 1. The number of pyridine rings is 1. The Kier molecular flexibility index (Phi) is 4.95. The second-order valence-electron chi connectivity index (χ2n) is 6.05. The molecule has 1 fully saturated rings. The lowest BCUT2D eigenvalue weighted by molar-refractivity contribution is 0.0769. The number of carbonyl (C=O) groups excluding carboxylic acids is 1. The molecule has 1 aliphatic heterocycles. The first-order valence-electron chi connectivity index (χ1n) is 8.45. The molecule has 1 aliphatic rings. The first kappa shape index (κ1) is 17.7. The van der Waals surface area contributed by atoms with Crippen LogP contribution in [0.25, 0.3) is 10.1 Å². The van der Waals surface area contributed by atoms with E-state index in [-0.39, 0.29) is 11.7 Å². The van der Waals surface area contributed by atoms with E-state index in [4.69, 9.17) is 11.5 Å². The van der Waals surface area contributed by atoms with Crippen LogP contribution >= 0.6 is 23.3 Å². The van der Waals surface area contributed by atoms with Crippen molar-refractivity contribution in [1.82, 2.24) is 14.3 Å². The second-order valence-corrected chi connectivity index (χ2v) is 8.08. The van der Waals surface area contributed by atoms with E-state index in [9.17, 15) is 4.79 Å². The maximum absolute atomic E-state index is 12.8. The number of nitrogens with two attached hydrogens (primary N) is 2. The molecule has 9 heteroatoms. The van der Waals surface area contributed by atoms with Crippen molar-refractivity contribution in [3.63, 3.8) is 0 Å². The minimum atomic E-state index is -0.00132. The van der Waals surface area contributed by atoms with Gasteiger partial charge in [-0.3, -0.25) is 9.78 Å². The normalized spacial score (nSPS) is 15.3. The monoisotopic (exact) mass is 398 g/mol. The Morgan fingerprint density at radius 1 is 1.19 bits per heavy atom. The van der Waals surface area contributed by atoms with E-state index >= 15 is 0 Å². The highest BCUT2D eigenvalue weighted by atomic mass is 32.2.